The van der Waals surface area contributed by atoms with E-state index in [0.717, 1.165) is 25.8 Å². The summed E-state index contributed by atoms with van der Waals surface area (Å²) in [5.41, 5.74) is 0.650. The number of rotatable bonds is 4. The van der Waals surface area contributed by atoms with Crippen molar-refractivity contribution in [3.05, 3.63) is 29.6 Å². The molecule has 2 rings (SSSR count). The molecule has 1 heterocycles. The molecule has 0 bridgehead atoms. The zero-order valence-electron chi connectivity index (χ0n) is 11.9. The molecule has 1 saturated heterocycles. The van der Waals surface area contributed by atoms with Crippen molar-refractivity contribution in [2.24, 2.45) is 0 Å². The summed E-state index contributed by atoms with van der Waals surface area (Å²) < 4.78 is 18.6. The molecule has 1 aliphatic heterocycles. The highest BCUT2D eigenvalue weighted by molar-refractivity contribution is 5.82. The minimum absolute atomic E-state index is 0.0384. The van der Waals surface area contributed by atoms with Gasteiger partial charge >= 0.3 is 0 Å². The summed E-state index contributed by atoms with van der Waals surface area (Å²) in [5, 5.41) is 6.12. The molecule has 20 heavy (non-hydrogen) atoms. The van der Waals surface area contributed by atoms with E-state index >= 15 is 0 Å². The van der Waals surface area contributed by atoms with Gasteiger partial charge in [0.25, 0.3) is 0 Å². The number of methoxy groups -OCH3 is 1. The topological polar surface area (TPSA) is 50.4 Å². The molecule has 0 saturated carbocycles. The highest BCUT2D eigenvalue weighted by atomic mass is 19.1. The van der Waals surface area contributed by atoms with Gasteiger partial charge in [0.1, 0.15) is 11.6 Å². The van der Waals surface area contributed by atoms with E-state index in [2.05, 4.69) is 10.6 Å². The van der Waals surface area contributed by atoms with Crippen LogP contribution in [0.4, 0.5) is 4.39 Å². The summed E-state index contributed by atoms with van der Waals surface area (Å²) in [5.74, 6) is 0.206. The second-order valence-corrected chi connectivity index (χ2v) is 5.12. The fourth-order valence-corrected chi connectivity index (χ4v) is 2.51. The number of amides is 1. The lowest BCUT2D eigenvalue weighted by Crippen LogP contribution is -2.47. The second-order valence-electron chi connectivity index (χ2n) is 5.12. The number of hydrogen-bond acceptors (Lipinski definition) is 3. The van der Waals surface area contributed by atoms with Crippen molar-refractivity contribution in [1.29, 1.82) is 0 Å². The largest absolute Gasteiger partial charge is 0.496 e. The maximum absolute atomic E-state index is 13.4. The van der Waals surface area contributed by atoms with Gasteiger partial charge in [-0.25, -0.2) is 4.39 Å². The first kappa shape index (κ1) is 14.8. The Kier molecular flexibility index (Phi) is 4.95. The SMILES string of the molecule is COc1ccc(F)cc1C(C)NC(=O)C1CCCCN1. The van der Waals surface area contributed by atoms with E-state index in [1.54, 1.807) is 6.07 Å². The molecular formula is C15H21FN2O2. The summed E-state index contributed by atoms with van der Waals surface area (Å²) in [7, 11) is 1.54. The quantitative estimate of drug-likeness (QED) is 0.888. The van der Waals surface area contributed by atoms with Crippen molar-refractivity contribution in [1.82, 2.24) is 10.6 Å². The molecule has 4 nitrogen and oxygen atoms in total. The molecule has 1 aromatic rings. The third-order valence-electron chi connectivity index (χ3n) is 3.64. The number of piperidine rings is 1. The van der Waals surface area contributed by atoms with Gasteiger partial charge in [-0.1, -0.05) is 6.42 Å². The zero-order valence-corrected chi connectivity index (χ0v) is 11.9. The van der Waals surface area contributed by atoms with Crippen LogP contribution in [-0.4, -0.2) is 25.6 Å². The third kappa shape index (κ3) is 3.48. The van der Waals surface area contributed by atoms with Crippen molar-refractivity contribution in [2.45, 2.75) is 38.3 Å². The molecule has 2 unspecified atom stereocenters. The number of nitrogens with one attached hydrogen (secondary N) is 2. The Bertz CT molecular complexity index is 473. The maximum Gasteiger partial charge on any atom is 0.237 e. The van der Waals surface area contributed by atoms with E-state index in [1.165, 1.54) is 19.2 Å². The molecule has 0 aromatic heterocycles. The normalized spacial score (nSPS) is 20.2. The highest BCUT2D eigenvalue weighted by Gasteiger charge is 2.23. The van der Waals surface area contributed by atoms with E-state index in [1.807, 2.05) is 6.92 Å². The first-order valence-corrected chi connectivity index (χ1v) is 6.99. The van der Waals surface area contributed by atoms with Gasteiger partial charge in [-0.3, -0.25) is 4.79 Å². The lowest BCUT2D eigenvalue weighted by molar-refractivity contribution is -0.124. The average molecular weight is 280 g/mol. The molecule has 1 aliphatic rings. The molecule has 1 amide bonds. The van der Waals surface area contributed by atoms with Crippen molar-refractivity contribution in [3.63, 3.8) is 0 Å². The van der Waals surface area contributed by atoms with Gasteiger partial charge in [0.05, 0.1) is 19.2 Å². The summed E-state index contributed by atoms with van der Waals surface area (Å²) in [4.78, 5) is 12.2. The number of halogens is 1. The van der Waals surface area contributed by atoms with E-state index < -0.39 is 0 Å². The van der Waals surface area contributed by atoms with Crippen LogP contribution in [0.15, 0.2) is 18.2 Å². The lowest BCUT2D eigenvalue weighted by atomic mass is 10.0. The molecule has 2 N–H and O–H groups in total. The summed E-state index contributed by atoms with van der Waals surface area (Å²) in [6, 6.07) is 3.88. The predicted molar refractivity (Wildman–Crippen MR) is 75.2 cm³/mol. The van der Waals surface area contributed by atoms with Gasteiger partial charge in [0.2, 0.25) is 5.91 Å². The van der Waals surface area contributed by atoms with Gasteiger partial charge in [-0.2, -0.15) is 0 Å². The van der Waals surface area contributed by atoms with Gasteiger partial charge in [0, 0.05) is 5.56 Å². The number of ether oxygens (including phenoxy) is 1. The van der Waals surface area contributed by atoms with Crippen molar-refractivity contribution >= 4 is 5.91 Å². The van der Waals surface area contributed by atoms with Crippen LogP contribution in [0.25, 0.3) is 0 Å². The molecule has 0 spiro atoms. The van der Waals surface area contributed by atoms with Gasteiger partial charge in [-0.05, 0) is 44.5 Å². The van der Waals surface area contributed by atoms with Crippen LogP contribution < -0.4 is 15.4 Å². The Morgan fingerprint density at radius 3 is 2.95 bits per heavy atom. The van der Waals surface area contributed by atoms with E-state index in [4.69, 9.17) is 4.74 Å². The van der Waals surface area contributed by atoms with Crippen LogP contribution in [-0.2, 0) is 4.79 Å². The molecule has 0 aliphatic carbocycles. The molecular weight excluding hydrogens is 259 g/mol. The fraction of sp³-hybridized carbons (Fsp3) is 0.533. The van der Waals surface area contributed by atoms with Gasteiger partial charge in [0.15, 0.2) is 0 Å². The minimum atomic E-state index is -0.335. The first-order chi connectivity index (χ1) is 9.61. The lowest BCUT2D eigenvalue weighted by Gasteiger charge is -2.25. The maximum atomic E-state index is 13.4. The van der Waals surface area contributed by atoms with Crippen LogP contribution in [0.1, 0.15) is 37.8 Å². The third-order valence-corrected chi connectivity index (χ3v) is 3.64. The summed E-state index contributed by atoms with van der Waals surface area (Å²) >= 11 is 0. The van der Waals surface area contributed by atoms with Gasteiger partial charge in [-0.15, -0.1) is 0 Å². The van der Waals surface area contributed by atoms with Crippen LogP contribution in [0.5, 0.6) is 5.75 Å². The predicted octanol–water partition coefficient (Wildman–Crippen LogP) is 2.15. The van der Waals surface area contributed by atoms with Crippen molar-refractivity contribution in [3.8, 4) is 5.75 Å². The molecule has 5 heteroatoms. The number of carbonyl (C=O) groups excluding carboxylic acids is 1. The second kappa shape index (κ2) is 6.70. The smallest absolute Gasteiger partial charge is 0.237 e. The van der Waals surface area contributed by atoms with E-state index in [0.29, 0.717) is 11.3 Å². The summed E-state index contributed by atoms with van der Waals surface area (Å²) in [6.07, 6.45) is 3.01. The molecule has 1 aromatic carbocycles. The van der Waals surface area contributed by atoms with Crippen LogP contribution >= 0.6 is 0 Å². The van der Waals surface area contributed by atoms with Gasteiger partial charge < -0.3 is 15.4 Å². The number of benzene rings is 1. The first-order valence-electron chi connectivity index (χ1n) is 6.99. The average Bonchev–Trinajstić information content (AvgIpc) is 2.48. The molecule has 0 radical (unpaired) electrons. The van der Waals surface area contributed by atoms with E-state index in [-0.39, 0.29) is 23.8 Å². The highest BCUT2D eigenvalue weighted by Crippen LogP contribution is 2.26. The van der Waals surface area contributed by atoms with Crippen LogP contribution in [0.3, 0.4) is 0 Å². The Balaban J connectivity index is 2.05. The minimum Gasteiger partial charge on any atom is -0.496 e. The van der Waals surface area contributed by atoms with Crippen LogP contribution in [0, 0.1) is 5.82 Å². The van der Waals surface area contributed by atoms with Crippen molar-refractivity contribution in [2.75, 3.05) is 13.7 Å². The molecule has 110 valence electrons. The molecule has 2 atom stereocenters. The Morgan fingerprint density at radius 1 is 1.50 bits per heavy atom. The van der Waals surface area contributed by atoms with Crippen molar-refractivity contribution < 1.29 is 13.9 Å². The van der Waals surface area contributed by atoms with Crippen LogP contribution in [0.2, 0.25) is 0 Å². The fourth-order valence-electron chi connectivity index (χ4n) is 2.51. The summed E-state index contributed by atoms with van der Waals surface area (Å²) in [6.45, 7) is 2.70. The molecule has 1 fully saturated rings. The van der Waals surface area contributed by atoms with E-state index in [9.17, 15) is 9.18 Å². The zero-order chi connectivity index (χ0) is 14.5. The standard InChI is InChI=1S/C15H21FN2O2/c1-10(12-9-11(16)6-7-14(12)20-2)18-15(19)13-5-3-4-8-17-13/h6-7,9-10,13,17H,3-5,8H2,1-2H3,(H,18,19). The number of carbonyl (C=O) groups is 1. The number of hydrogen-bond donors (Lipinski definition) is 2. The Morgan fingerprint density at radius 2 is 2.30 bits per heavy atom. The Labute approximate surface area is 118 Å². The monoisotopic (exact) mass is 280 g/mol. The Hall–Kier alpha value is -1.62.